The molecule has 0 aromatic carbocycles. The van der Waals surface area contributed by atoms with Crippen LogP contribution in [0.1, 0.15) is 51.4 Å². The third-order valence-electron chi connectivity index (χ3n) is 6.27. The number of nitrogens with zero attached hydrogens (tertiary/aromatic N) is 3. The van der Waals surface area contributed by atoms with Crippen LogP contribution in [0, 0.1) is 0 Å². The lowest BCUT2D eigenvalue weighted by Gasteiger charge is -2.36. The van der Waals surface area contributed by atoms with Crippen LogP contribution < -0.4 is 5.73 Å². The van der Waals surface area contributed by atoms with Gasteiger partial charge in [-0.15, -0.1) is 0 Å². The van der Waals surface area contributed by atoms with Gasteiger partial charge in [-0.25, -0.2) is 4.79 Å². The highest BCUT2D eigenvalue weighted by molar-refractivity contribution is 6.08. The Morgan fingerprint density at radius 1 is 1.19 bits per heavy atom. The fourth-order valence-corrected chi connectivity index (χ4v) is 4.51. The Labute approximate surface area is 161 Å². The molecule has 3 rings (SSSR count). The number of nitrogens with two attached hydrogens (primary N) is 1. The van der Waals surface area contributed by atoms with Gasteiger partial charge in [-0.2, -0.15) is 0 Å². The number of carbonyl (C=O) groups excluding carboxylic acids is 3. The molecular formula is C19H32N4O4. The van der Waals surface area contributed by atoms with E-state index in [9.17, 15) is 14.4 Å². The van der Waals surface area contributed by atoms with Crippen molar-refractivity contribution in [3.8, 4) is 0 Å². The van der Waals surface area contributed by atoms with E-state index < -0.39 is 5.54 Å². The quantitative estimate of drug-likeness (QED) is 0.546. The maximum Gasteiger partial charge on any atom is 0.327 e. The number of piperidine rings is 1. The second-order valence-electron chi connectivity index (χ2n) is 7.92. The Bertz CT molecular complexity index is 568. The molecule has 1 saturated carbocycles. The number of hydrogen-bond acceptors (Lipinski definition) is 5. The van der Waals surface area contributed by atoms with Crippen molar-refractivity contribution in [2.45, 2.75) is 63.0 Å². The topological polar surface area (TPSA) is 96.2 Å². The molecule has 0 unspecified atom stereocenters. The first-order chi connectivity index (χ1) is 13.0. The van der Waals surface area contributed by atoms with E-state index in [2.05, 4.69) is 0 Å². The Morgan fingerprint density at radius 2 is 1.85 bits per heavy atom. The molecule has 0 bridgehead atoms. The van der Waals surface area contributed by atoms with E-state index >= 15 is 0 Å². The third kappa shape index (κ3) is 3.96. The standard InChI is InChI=1S/C19H32N4O4/c1-21-18(26)23(17(25)19(21)8-3-2-4-9-19)14-16(24)22-11-6-15(7-12-22)27-13-5-10-20/h15H,2-14,20H2,1H3. The zero-order chi connectivity index (χ0) is 19.4. The number of imide groups is 1. The van der Waals surface area contributed by atoms with Crippen LogP contribution in [0.5, 0.6) is 0 Å². The number of hydrogen-bond donors (Lipinski definition) is 1. The zero-order valence-corrected chi connectivity index (χ0v) is 16.3. The average molecular weight is 380 g/mol. The predicted octanol–water partition coefficient (Wildman–Crippen LogP) is 0.940. The van der Waals surface area contributed by atoms with Gasteiger partial charge < -0.3 is 20.3 Å². The van der Waals surface area contributed by atoms with Crippen LogP contribution in [0.2, 0.25) is 0 Å². The van der Waals surface area contributed by atoms with Crippen LogP contribution in [-0.2, 0) is 14.3 Å². The number of likely N-dealkylation sites (N-methyl/N-ethyl adjacent to an activating group) is 1. The Kier molecular flexibility index (Phi) is 6.37. The highest BCUT2D eigenvalue weighted by atomic mass is 16.5. The van der Waals surface area contributed by atoms with E-state index in [4.69, 9.17) is 10.5 Å². The molecule has 3 fully saturated rings. The van der Waals surface area contributed by atoms with Gasteiger partial charge in [0, 0.05) is 26.7 Å². The lowest BCUT2D eigenvalue weighted by Crippen LogP contribution is -2.50. The second kappa shape index (κ2) is 8.56. The van der Waals surface area contributed by atoms with Crippen LogP contribution in [-0.4, -0.2) is 84.0 Å². The summed E-state index contributed by atoms with van der Waals surface area (Å²) < 4.78 is 5.76. The zero-order valence-electron chi connectivity index (χ0n) is 16.3. The summed E-state index contributed by atoms with van der Waals surface area (Å²) in [5, 5.41) is 0. The van der Waals surface area contributed by atoms with E-state index in [1.54, 1.807) is 16.8 Å². The summed E-state index contributed by atoms with van der Waals surface area (Å²) in [6.07, 6.45) is 6.95. The largest absolute Gasteiger partial charge is 0.378 e. The van der Waals surface area contributed by atoms with Crippen molar-refractivity contribution >= 4 is 17.8 Å². The average Bonchev–Trinajstić information content (AvgIpc) is 2.85. The summed E-state index contributed by atoms with van der Waals surface area (Å²) in [5.74, 6) is -0.346. The summed E-state index contributed by atoms with van der Waals surface area (Å²) >= 11 is 0. The van der Waals surface area contributed by atoms with Gasteiger partial charge in [0.15, 0.2) is 0 Å². The van der Waals surface area contributed by atoms with Crippen LogP contribution in [0.3, 0.4) is 0 Å². The highest BCUT2D eigenvalue weighted by Gasteiger charge is 2.56. The van der Waals surface area contributed by atoms with Crippen molar-refractivity contribution in [3.05, 3.63) is 0 Å². The van der Waals surface area contributed by atoms with Gasteiger partial charge in [0.05, 0.1) is 6.10 Å². The normalized spacial score (nSPS) is 23.6. The van der Waals surface area contributed by atoms with Crippen LogP contribution in [0.15, 0.2) is 0 Å². The monoisotopic (exact) mass is 380 g/mol. The number of rotatable bonds is 6. The smallest absolute Gasteiger partial charge is 0.327 e. The number of ether oxygens (including phenoxy) is 1. The fraction of sp³-hybridized carbons (Fsp3) is 0.842. The van der Waals surface area contributed by atoms with Gasteiger partial charge in [0.25, 0.3) is 5.91 Å². The van der Waals surface area contributed by atoms with E-state index in [-0.39, 0.29) is 30.5 Å². The van der Waals surface area contributed by atoms with Crippen molar-refractivity contribution in [1.82, 2.24) is 14.7 Å². The fourth-order valence-electron chi connectivity index (χ4n) is 4.51. The van der Waals surface area contributed by atoms with Crippen molar-refractivity contribution < 1.29 is 19.1 Å². The molecular weight excluding hydrogens is 348 g/mol. The number of carbonyl (C=O) groups is 3. The Morgan fingerprint density at radius 3 is 2.48 bits per heavy atom. The number of likely N-dealkylation sites (tertiary alicyclic amines) is 1. The third-order valence-corrected chi connectivity index (χ3v) is 6.27. The lowest BCUT2D eigenvalue weighted by atomic mass is 9.81. The van der Waals surface area contributed by atoms with Crippen molar-refractivity contribution in [2.75, 3.05) is 39.8 Å². The number of amides is 4. The molecule has 2 heterocycles. The molecule has 0 aromatic heterocycles. The molecule has 8 heteroatoms. The van der Waals surface area contributed by atoms with Gasteiger partial charge in [-0.05, 0) is 38.6 Å². The van der Waals surface area contributed by atoms with Gasteiger partial charge in [-0.1, -0.05) is 19.3 Å². The molecule has 0 radical (unpaired) electrons. The first kappa shape index (κ1) is 20.1. The van der Waals surface area contributed by atoms with Crippen molar-refractivity contribution in [3.63, 3.8) is 0 Å². The predicted molar refractivity (Wildman–Crippen MR) is 99.9 cm³/mol. The molecule has 2 saturated heterocycles. The van der Waals surface area contributed by atoms with Gasteiger partial charge in [0.1, 0.15) is 12.1 Å². The lowest BCUT2D eigenvalue weighted by molar-refractivity contribution is -0.141. The van der Waals surface area contributed by atoms with Crippen LogP contribution in [0.4, 0.5) is 4.79 Å². The molecule has 1 spiro atoms. The van der Waals surface area contributed by atoms with Gasteiger partial charge in [0.2, 0.25) is 5.91 Å². The minimum atomic E-state index is -0.723. The first-order valence-corrected chi connectivity index (χ1v) is 10.2. The molecule has 3 aliphatic rings. The summed E-state index contributed by atoms with van der Waals surface area (Å²) in [7, 11) is 1.69. The maximum absolute atomic E-state index is 13.0. The van der Waals surface area contributed by atoms with E-state index in [1.807, 2.05) is 0 Å². The summed E-state index contributed by atoms with van der Waals surface area (Å²) in [4.78, 5) is 42.8. The molecule has 1 aliphatic carbocycles. The Balaban J connectivity index is 1.54. The van der Waals surface area contributed by atoms with E-state index in [0.29, 0.717) is 39.1 Å². The van der Waals surface area contributed by atoms with E-state index in [0.717, 1.165) is 43.4 Å². The molecule has 2 N–H and O–H groups in total. The molecule has 27 heavy (non-hydrogen) atoms. The van der Waals surface area contributed by atoms with Gasteiger partial charge in [-0.3, -0.25) is 14.5 Å². The summed E-state index contributed by atoms with van der Waals surface area (Å²) in [6, 6.07) is -0.338. The first-order valence-electron chi connectivity index (χ1n) is 10.2. The molecule has 8 nitrogen and oxygen atoms in total. The van der Waals surface area contributed by atoms with Crippen molar-refractivity contribution in [2.24, 2.45) is 5.73 Å². The minimum absolute atomic E-state index is 0.150. The van der Waals surface area contributed by atoms with Crippen LogP contribution >= 0.6 is 0 Å². The van der Waals surface area contributed by atoms with Crippen LogP contribution in [0.25, 0.3) is 0 Å². The minimum Gasteiger partial charge on any atom is -0.378 e. The van der Waals surface area contributed by atoms with Crippen molar-refractivity contribution in [1.29, 1.82) is 0 Å². The maximum atomic E-state index is 13.0. The molecule has 152 valence electrons. The number of urea groups is 1. The second-order valence-corrected chi connectivity index (χ2v) is 7.92. The molecule has 2 aliphatic heterocycles. The summed E-state index contributed by atoms with van der Waals surface area (Å²) in [5.41, 5.74) is 4.75. The molecule has 4 amide bonds. The Hall–Kier alpha value is -1.67. The molecule has 0 atom stereocenters. The molecule has 0 aromatic rings. The summed E-state index contributed by atoms with van der Waals surface area (Å²) in [6.45, 7) is 2.32. The SMILES string of the molecule is CN1C(=O)N(CC(=O)N2CCC(OCCCN)CC2)C(=O)C12CCCCC2. The highest BCUT2D eigenvalue weighted by Crippen LogP contribution is 2.39. The van der Waals surface area contributed by atoms with E-state index in [1.165, 1.54) is 0 Å². The van der Waals surface area contributed by atoms with Gasteiger partial charge >= 0.3 is 6.03 Å².